The Bertz CT molecular complexity index is 454. The maximum atomic E-state index is 12.4. The molecule has 0 radical (unpaired) electrons. The summed E-state index contributed by atoms with van der Waals surface area (Å²) in [6, 6.07) is 0. The number of carbonyl (C=O) groups excluding carboxylic acids is 1. The van der Waals surface area contributed by atoms with Crippen molar-refractivity contribution in [2.24, 2.45) is 0 Å². The highest BCUT2D eigenvalue weighted by Gasteiger charge is 2.42. The molecule has 1 atom stereocenters. The second-order valence-electron chi connectivity index (χ2n) is 10.3. The molecule has 0 aromatic heterocycles. The number of nitrogens with zero attached hydrogens (tertiary/aromatic N) is 2. The molecule has 1 aliphatic rings. The largest absolute Gasteiger partial charge is 0.311 e. The van der Waals surface area contributed by atoms with Crippen LogP contribution in [0.2, 0.25) is 0 Å². The summed E-state index contributed by atoms with van der Waals surface area (Å²) >= 11 is 0. The van der Waals surface area contributed by atoms with Gasteiger partial charge in [-0.05, 0) is 39.9 Å². The summed E-state index contributed by atoms with van der Waals surface area (Å²) in [7, 11) is 4.23. The standard InChI is InChI=1S/C28H57N3O/c1-5-7-8-9-10-11-12-13-14-15-16-17-18-19-20-21-25-29-28(24-6-2,30(3)4)31-26-22-23-27(31)32/h29H,5-26H2,1-4H3. The van der Waals surface area contributed by atoms with Gasteiger partial charge in [-0.25, -0.2) is 0 Å². The van der Waals surface area contributed by atoms with Gasteiger partial charge in [-0.1, -0.05) is 117 Å². The van der Waals surface area contributed by atoms with Crippen molar-refractivity contribution in [3.05, 3.63) is 0 Å². The third-order valence-electron chi connectivity index (χ3n) is 7.30. The fourth-order valence-corrected chi connectivity index (χ4v) is 5.29. The third-order valence-corrected chi connectivity index (χ3v) is 7.30. The van der Waals surface area contributed by atoms with Crippen molar-refractivity contribution in [2.75, 3.05) is 27.2 Å². The molecule has 32 heavy (non-hydrogen) atoms. The molecule has 0 bridgehead atoms. The van der Waals surface area contributed by atoms with Crippen LogP contribution < -0.4 is 5.32 Å². The molecule has 190 valence electrons. The van der Waals surface area contributed by atoms with Crippen LogP contribution in [-0.2, 0) is 4.79 Å². The molecule has 0 aromatic carbocycles. The summed E-state index contributed by atoms with van der Waals surface area (Å²) in [6.07, 6.45) is 26.2. The van der Waals surface area contributed by atoms with Crippen LogP contribution in [0, 0.1) is 0 Å². The number of amides is 1. The van der Waals surface area contributed by atoms with Crippen LogP contribution in [0.25, 0.3) is 0 Å². The smallest absolute Gasteiger partial charge is 0.225 e. The molecule has 4 heteroatoms. The van der Waals surface area contributed by atoms with Crippen LogP contribution in [0.15, 0.2) is 0 Å². The van der Waals surface area contributed by atoms with Crippen LogP contribution >= 0.6 is 0 Å². The molecule has 4 nitrogen and oxygen atoms in total. The maximum absolute atomic E-state index is 12.4. The number of carbonyl (C=O) groups is 1. The van der Waals surface area contributed by atoms with E-state index in [0.29, 0.717) is 12.3 Å². The molecule has 0 spiro atoms. The first-order valence-electron chi connectivity index (χ1n) is 14.3. The van der Waals surface area contributed by atoms with Crippen molar-refractivity contribution in [2.45, 2.75) is 148 Å². The second-order valence-corrected chi connectivity index (χ2v) is 10.3. The summed E-state index contributed by atoms with van der Waals surface area (Å²) in [5.74, 6) is 0.0179. The fourth-order valence-electron chi connectivity index (χ4n) is 5.29. The summed E-state index contributed by atoms with van der Waals surface area (Å²) in [6.45, 7) is 6.40. The van der Waals surface area contributed by atoms with Gasteiger partial charge in [0.2, 0.25) is 5.91 Å². The average Bonchev–Trinajstić information content (AvgIpc) is 3.21. The molecule has 1 fully saturated rings. The fraction of sp³-hybridized carbons (Fsp3) is 0.964. The Morgan fingerprint density at radius 2 is 1.22 bits per heavy atom. The van der Waals surface area contributed by atoms with Crippen molar-refractivity contribution in [1.82, 2.24) is 15.1 Å². The summed E-state index contributed by atoms with van der Waals surface area (Å²) < 4.78 is 0. The number of unbranched alkanes of at least 4 members (excludes halogenated alkanes) is 15. The van der Waals surface area contributed by atoms with E-state index in [1.54, 1.807) is 0 Å². The van der Waals surface area contributed by atoms with Gasteiger partial charge in [-0.15, -0.1) is 0 Å². The van der Waals surface area contributed by atoms with E-state index in [2.05, 4.69) is 43.1 Å². The van der Waals surface area contributed by atoms with Crippen LogP contribution in [0.1, 0.15) is 142 Å². The third kappa shape index (κ3) is 11.5. The van der Waals surface area contributed by atoms with E-state index in [4.69, 9.17) is 0 Å². The van der Waals surface area contributed by atoms with E-state index >= 15 is 0 Å². The first-order chi connectivity index (χ1) is 15.6. The summed E-state index contributed by atoms with van der Waals surface area (Å²) in [5.41, 5.74) is 0. The molecular weight excluding hydrogens is 394 g/mol. The number of rotatable bonds is 22. The first-order valence-corrected chi connectivity index (χ1v) is 14.3. The predicted octanol–water partition coefficient (Wildman–Crippen LogP) is 7.48. The zero-order chi connectivity index (χ0) is 23.5. The Labute approximate surface area is 201 Å². The molecule has 1 heterocycles. The molecular formula is C28H57N3O. The van der Waals surface area contributed by atoms with Crippen molar-refractivity contribution < 1.29 is 4.79 Å². The lowest BCUT2D eigenvalue weighted by Gasteiger charge is -2.47. The van der Waals surface area contributed by atoms with Gasteiger partial charge in [0.25, 0.3) is 0 Å². The topological polar surface area (TPSA) is 35.6 Å². The Kier molecular flexibility index (Phi) is 17.3. The average molecular weight is 452 g/mol. The van der Waals surface area contributed by atoms with Crippen LogP contribution in [0.4, 0.5) is 0 Å². The molecule has 1 unspecified atom stereocenters. The van der Waals surface area contributed by atoms with E-state index < -0.39 is 0 Å². The van der Waals surface area contributed by atoms with Crippen LogP contribution in [-0.4, -0.2) is 48.7 Å². The zero-order valence-corrected chi connectivity index (χ0v) is 22.4. The lowest BCUT2D eigenvalue weighted by atomic mass is 10.0. The monoisotopic (exact) mass is 451 g/mol. The lowest BCUT2D eigenvalue weighted by Crippen LogP contribution is -2.67. The molecule has 1 N–H and O–H groups in total. The minimum Gasteiger partial charge on any atom is -0.311 e. The highest BCUT2D eigenvalue weighted by Crippen LogP contribution is 2.27. The Hall–Kier alpha value is -0.610. The Morgan fingerprint density at radius 3 is 1.59 bits per heavy atom. The molecule has 1 amide bonds. The SMILES string of the molecule is CCCCCCCCCCCCCCCCCCNC(CCC)(N(C)C)N1CCCC1=O. The van der Waals surface area contributed by atoms with Gasteiger partial charge < -0.3 is 4.90 Å². The maximum Gasteiger partial charge on any atom is 0.225 e. The van der Waals surface area contributed by atoms with E-state index in [0.717, 1.165) is 32.4 Å². The highest BCUT2D eigenvalue weighted by atomic mass is 16.2. The quantitative estimate of drug-likeness (QED) is 0.137. The second kappa shape index (κ2) is 18.8. The van der Waals surface area contributed by atoms with E-state index in [1.165, 1.54) is 103 Å². The van der Waals surface area contributed by atoms with E-state index in [1.807, 2.05) is 0 Å². The molecule has 1 rings (SSSR count). The van der Waals surface area contributed by atoms with Crippen molar-refractivity contribution in [3.63, 3.8) is 0 Å². The number of nitrogens with one attached hydrogen (secondary N) is 1. The number of hydrogen-bond acceptors (Lipinski definition) is 3. The zero-order valence-electron chi connectivity index (χ0n) is 22.4. The van der Waals surface area contributed by atoms with Crippen molar-refractivity contribution >= 4 is 5.91 Å². The van der Waals surface area contributed by atoms with Gasteiger partial charge in [0.05, 0.1) is 0 Å². The Morgan fingerprint density at radius 1 is 0.750 bits per heavy atom. The molecule has 1 aliphatic heterocycles. The minimum atomic E-state index is -0.294. The van der Waals surface area contributed by atoms with Gasteiger partial charge in [0, 0.05) is 13.0 Å². The van der Waals surface area contributed by atoms with E-state index in [-0.39, 0.29) is 5.79 Å². The van der Waals surface area contributed by atoms with Gasteiger partial charge in [0.1, 0.15) is 5.79 Å². The van der Waals surface area contributed by atoms with Crippen molar-refractivity contribution in [1.29, 1.82) is 0 Å². The van der Waals surface area contributed by atoms with Gasteiger partial charge in [-0.3, -0.25) is 15.0 Å². The molecule has 0 aromatic rings. The normalized spacial score (nSPS) is 16.3. The van der Waals surface area contributed by atoms with Gasteiger partial charge >= 0.3 is 0 Å². The van der Waals surface area contributed by atoms with Gasteiger partial charge in [0.15, 0.2) is 0 Å². The van der Waals surface area contributed by atoms with Crippen LogP contribution in [0.5, 0.6) is 0 Å². The number of hydrogen-bond donors (Lipinski definition) is 1. The van der Waals surface area contributed by atoms with Gasteiger partial charge in [-0.2, -0.15) is 0 Å². The summed E-state index contributed by atoms with van der Waals surface area (Å²) in [5, 5.41) is 3.79. The van der Waals surface area contributed by atoms with E-state index in [9.17, 15) is 4.79 Å². The first kappa shape index (κ1) is 29.4. The highest BCUT2D eigenvalue weighted by molar-refractivity contribution is 5.78. The number of likely N-dealkylation sites (tertiary alicyclic amines) is 1. The van der Waals surface area contributed by atoms with Crippen LogP contribution in [0.3, 0.4) is 0 Å². The summed E-state index contributed by atoms with van der Waals surface area (Å²) in [4.78, 5) is 16.8. The molecule has 0 aliphatic carbocycles. The predicted molar refractivity (Wildman–Crippen MR) is 140 cm³/mol. The molecule has 0 saturated carbocycles. The minimum absolute atomic E-state index is 0.294. The lowest BCUT2D eigenvalue weighted by molar-refractivity contribution is -0.145. The Balaban J connectivity index is 2.02. The van der Waals surface area contributed by atoms with Crippen molar-refractivity contribution in [3.8, 4) is 0 Å². The molecule has 1 saturated heterocycles.